The maximum absolute atomic E-state index is 14.8. The van der Waals surface area contributed by atoms with Gasteiger partial charge in [0.15, 0.2) is 0 Å². The number of nitrogens with zero attached hydrogens (tertiary/aromatic N) is 4. The third-order valence-electron chi connectivity index (χ3n) is 7.53. The first kappa shape index (κ1) is 30.1. The van der Waals surface area contributed by atoms with Gasteiger partial charge in [-0.3, -0.25) is 4.57 Å². The molecule has 43 heavy (non-hydrogen) atoms. The third kappa shape index (κ3) is 6.22. The first-order valence-electron chi connectivity index (χ1n) is 13.1. The number of hydrogen-bond acceptors (Lipinski definition) is 6. The number of benzene rings is 2. The van der Waals surface area contributed by atoms with Gasteiger partial charge in [-0.15, -0.1) is 0 Å². The van der Waals surface area contributed by atoms with Gasteiger partial charge in [0.2, 0.25) is 0 Å². The van der Waals surface area contributed by atoms with Crippen molar-refractivity contribution in [3.63, 3.8) is 0 Å². The summed E-state index contributed by atoms with van der Waals surface area (Å²) in [5.41, 5.74) is 2.19. The summed E-state index contributed by atoms with van der Waals surface area (Å²) in [6.45, 7) is 2.88. The SMILES string of the molecule is Cn1ccn(-c2ccc(-c3cc(F)cc(-c4ccnc(N5CC6CCNC6C5)c4)c3O)cc2Cl)c1=O.O=C(O)C(F)(F)F. The number of imidazole rings is 1. The van der Waals surface area contributed by atoms with Crippen molar-refractivity contribution in [2.75, 3.05) is 24.5 Å². The van der Waals surface area contributed by atoms with Gasteiger partial charge in [0.1, 0.15) is 17.4 Å². The second-order valence-corrected chi connectivity index (χ2v) is 10.7. The molecule has 2 saturated heterocycles. The predicted molar refractivity (Wildman–Crippen MR) is 152 cm³/mol. The van der Waals surface area contributed by atoms with E-state index in [1.54, 1.807) is 49.9 Å². The Labute approximate surface area is 247 Å². The van der Waals surface area contributed by atoms with E-state index in [1.807, 2.05) is 6.07 Å². The van der Waals surface area contributed by atoms with Crippen LogP contribution in [0.15, 0.2) is 65.8 Å². The highest BCUT2D eigenvalue weighted by molar-refractivity contribution is 6.32. The summed E-state index contributed by atoms with van der Waals surface area (Å²) >= 11 is 6.51. The number of phenols is 1. The topological polar surface area (TPSA) is 113 Å². The number of aromatic nitrogens is 3. The number of carboxylic acid groups (broad SMARTS) is 1. The van der Waals surface area contributed by atoms with Crippen molar-refractivity contribution in [1.29, 1.82) is 0 Å². The van der Waals surface area contributed by atoms with Crippen LogP contribution in [-0.4, -0.2) is 62.2 Å². The molecular formula is C29H26ClF4N5O4. The number of nitrogens with one attached hydrogen (secondary N) is 1. The van der Waals surface area contributed by atoms with Crippen molar-refractivity contribution in [1.82, 2.24) is 19.4 Å². The molecule has 2 unspecified atom stereocenters. The zero-order chi connectivity index (χ0) is 31.1. The predicted octanol–water partition coefficient (Wildman–Crippen LogP) is 4.83. The summed E-state index contributed by atoms with van der Waals surface area (Å²) < 4.78 is 49.4. The van der Waals surface area contributed by atoms with Crippen LogP contribution in [-0.2, 0) is 11.8 Å². The smallest absolute Gasteiger partial charge is 0.490 e. The highest BCUT2D eigenvalue weighted by Crippen LogP contribution is 2.41. The molecule has 4 aromatic rings. The van der Waals surface area contributed by atoms with Crippen molar-refractivity contribution >= 4 is 23.4 Å². The largest absolute Gasteiger partial charge is 0.507 e. The standard InChI is InChI=1S/C27H25ClFN5O2.C2HF3O2/c1-32-8-9-34(27(32)36)24-3-2-16(10-22(24)28)20-12-19(29)13-21(26(20)35)17-4-7-31-25(11-17)33-14-18-5-6-30-23(18)15-33;3-2(4,5)1(6)7/h2-4,7-13,18,23,30,35H,5-6,14-15H2,1H3;(H,6,7). The number of carbonyl (C=O) groups is 1. The number of aromatic hydroxyl groups is 1. The maximum Gasteiger partial charge on any atom is 0.490 e. The molecule has 9 nitrogen and oxygen atoms in total. The highest BCUT2D eigenvalue weighted by atomic mass is 35.5. The molecule has 6 rings (SSSR count). The lowest BCUT2D eigenvalue weighted by Gasteiger charge is -2.19. The minimum Gasteiger partial charge on any atom is -0.507 e. The normalized spacial score (nSPS) is 17.9. The number of pyridine rings is 1. The van der Waals surface area contributed by atoms with Crippen LogP contribution < -0.4 is 15.9 Å². The summed E-state index contributed by atoms with van der Waals surface area (Å²) in [6.07, 6.45) is 1.05. The Balaban J connectivity index is 0.000000472. The van der Waals surface area contributed by atoms with Gasteiger partial charge in [0.05, 0.1) is 10.7 Å². The van der Waals surface area contributed by atoms with Crippen molar-refractivity contribution in [3.8, 4) is 33.7 Å². The van der Waals surface area contributed by atoms with Gasteiger partial charge in [-0.05, 0) is 66.4 Å². The van der Waals surface area contributed by atoms with Crippen LogP contribution in [0.25, 0.3) is 27.9 Å². The molecule has 2 aromatic carbocycles. The maximum atomic E-state index is 14.8. The van der Waals surface area contributed by atoms with Gasteiger partial charge in [0, 0.05) is 55.9 Å². The highest BCUT2D eigenvalue weighted by Gasteiger charge is 2.38. The van der Waals surface area contributed by atoms with Gasteiger partial charge < -0.3 is 25.0 Å². The summed E-state index contributed by atoms with van der Waals surface area (Å²) in [6, 6.07) is 11.8. The van der Waals surface area contributed by atoms with Crippen LogP contribution in [0.1, 0.15) is 6.42 Å². The molecule has 226 valence electrons. The minimum absolute atomic E-state index is 0.0470. The molecular weight excluding hydrogens is 594 g/mol. The molecule has 2 atom stereocenters. The van der Waals surface area contributed by atoms with Gasteiger partial charge in [-0.25, -0.2) is 19.0 Å². The minimum atomic E-state index is -5.08. The number of fused-ring (bicyclic) bond motifs is 1. The number of alkyl halides is 3. The molecule has 4 heterocycles. The number of aryl methyl sites for hydroxylation is 1. The summed E-state index contributed by atoms with van der Waals surface area (Å²) in [5.74, 6) is -1.85. The fourth-order valence-corrected chi connectivity index (χ4v) is 5.62. The first-order chi connectivity index (χ1) is 20.3. The number of phenolic OH excluding ortho intramolecular Hbond substituents is 1. The Bertz CT molecular complexity index is 1730. The number of carboxylic acids is 1. The van der Waals surface area contributed by atoms with E-state index in [1.165, 1.54) is 21.3 Å². The number of anilines is 1. The van der Waals surface area contributed by atoms with Gasteiger partial charge >= 0.3 is 17.8 Å². The number of rotatable bonds is 4. The van der Waals surface area contributed by atoms with E-state index >= 15 is 0 Å². The average molecular weight is 620 g/mol. The Hall–Kier alpha value is -4.36. The Kier molecular flexibility index (Phi) is 8.21. The Morgan fingerprint density at radius 1 is 1.07 bits per heavy atom. The molecule has 0 bridgehead atoms. The molecule has 2 aliphatic rings. The number of hydrogen-bond donors (Lipinski definition) is 3. The first-order valence-corrected chi connectivity index (χ1v) is 13.5. The van der Waals surface area contributed by atoms with E-state index in [0.717, 1.165) is 31.9 Å². The quantitative estimate of drug-likeness (QED) is 0.281. The molecule has 0 spiro atoms. The fraction of sp³-hybridized carbons (Fsp3) is 0.276. The zero-order valence-electron chi connectivity index (χ0n) is 22.6. The van der Waals surface area contributed by atoms with E-state index in [2.05, 4.69) is 15.2 Å². The molecule has 3 N–H and O–H groups in total. The van der Waals surface area contributed by atoms with Crippen LogP contribution in [0, 0.1) is 11.7 Å². The van der Waals surface area contributed by atoms with E-state index in [4.69, 9.17) is 21.5 Å². The number of halogens is 5. The monoisotopic (exact) mass is 619 g/mol. The van der Waals surface area contributed by atoms with Crippen LogP contribution in [0.4, 0.5) is 23.4 Å². The van der Waals surface area contributed by atoms with Crippen molar-refractivity contribution in [2.24, 2.45) is 13.0 Å². The molecule has 0 aliphatic carbocycles. The van der Waals surface area contributed by atoms with Crippen molar-refractivity contribution in [3.05, 3.63) is 82.4 Å². The lowest BCUT2D eigenvalue weighted by molar-refractivity contribution is -0.192. The second kappa shape index (κ2) is 11.7. The van der Waals surface area contributed by atoms with E-state index < -0.39 is 18.0 Å². The molecule has 0 amide bonds. The summed E-state index contributed by atoms with van der Waals surface area (Å²) in [7, 11) is 1.66. The molecule has 2 fully saturated rings. The Morgan fingerprint density at radius 3 is 2.33 bits per heavy atom. The third-order valence-corrected chi connectivity index (χ3v) is 7.83. The van der Waals surface area contributed by atoms with E-state index in [9.17, 15) is 27.5 Å². The fourth-order valence-electron chi connectivity index (χ4n) is 5.35. The summed E-state index contributed by atoms with van der Waals surface area (Å²) in [5, 5.41) is 22.2. The van der Waals surface area contributed by atoms with Crippen molar-refractivity contribution < 1.29 is 32.6 Å². The van der Waals surface area contributed by atoms with Crippen LogP contribution in [0.2, 0.25) is 5.02 Å². The van der Waals surface area contributed by atoms with Crippen molar-refractivity contribution in [2.45, 2.75) is 18.6 Å². The lowest BCUT2D eigenvalue weighted by Crippen LogP contribution is -2.30. The molecule has 2 aliphatic heterocycles. The van der Waals surface area contributed by atoms with Crippen LogP contribution in [0.3, 0.4) is 0 Å². The van der Waals surface area contributed by atoms with Gasteiger partial charge in [0.25, 0.3) is 0 Å². The van der Waals surface area contributed by atoms with E-state index in [0.29, 0.717) is 44.9 Å². The molecule has 2 aromatic heterocycles. The Morgan fingerprint density at radius 2 is 1.74 bits per heavy atom. The zero-order valence-corrected chi connectivity index (χ0v) is 23.4. The van der Waals surface area contributed by atoms with Crippen LogP contribution >= 0.6 is 11.6 Å². The average Bonchev–Trinajstić information content (AvgIpc) is 3.66. The van der Waals surface area contributed by atoms with Gasteiger partial charge in [-0.2, -0.15) is 13.2 Å². The van der Waals surface area contributed by atoms with Gasteiger partial charge in [-0.1, -0.05) is 17.7 Å². The lowest BCUT2D eigenvalue weighted by atomic mass is 9.97. The molecule has 0 radical (unpaired) electrons. The molecule has 14 heteroatoms. The van der Waals surface area contributed by atoms with E-state index in [-0.39, 0.29) is 11.4 Å². The molecule has 0 saturated carbocycles. The number of aliphatic carboxylic acids is 1. The summed E-state index contributed by atoms with van der Waals surface area (Å²) in [4.78, 5) is 28.0. The second-order valence-electron chi connectivity index (χ2n) is 10.3. The van der Waals surface area contributed by atoms with Crippen LogP contribution in [0.5, 0.6) is 5.75 Å².